The molecule has 2 aromatic rings. The fraction of sp³-hybridized carbons (Fsp3) is 0.286. The van der Waals surface area contributed by atoms with Crippen molar-refractivity contribution in [3.8, 4) is 0 Å². The molecule has 1 nitrogen and oxygen atoms in total. The van der Waals surface area contributed by atoms with Gasteiger partial charge >= 0.3 is 0 Å². The van der Waals surface area contributed by atoms with Crippen LogP contribution < -0.4 is 5.32 Å². The van der Waals surface area contributed by atoms with Crippen molar-refractivity contribution in [3.05, 3.63) is 57.5 Å². The van der Waals surface area contributed by atoms with Crippen LogP contribution in [0.25, 0.3) is 0 Å². The molecular weight excluding hydrogens is 233 g/mol. The topological polar surface area (TPSA) is 12.0 Å². The quantitative estimate of drug-likeness (QED) is 0.862. The Balaban J connectivity index is 1.98. The van der Waals surface area contributed by atoms with E-state index in [4.69, 9.17) is 0 Å². The molecule has 0 aliphatic heterocycles. The third-order valence-corrected chi connectivity index (χ3v) is 3.91. The van der Waals surface area contributed by atoms with E-state index in [0.717, 1.165) is 12.1 Å². The Labute approximate surface area is 105 Å². The molecule has 0 fully saturated rings. The Morgan fingerprint density at radius 3 is 2.82 bits per heavy atom. The summed E-state index contributed by atoms with van der Waals surface area (Å²) in [7, 11) is 0. The molecule has 0 unspecified atom stereocenters. The molecule has 1 atom stereocenters. The lowest BCUT2D eigenvalue weighted by molar-refractivity contribution is 0.567. The summed E-state index contributed by atoms with van der Waals surface area (Å²) in [6.07, 6.45) is 0. The van der Waals surface area contributed by atoms with Gasteiger partial charge in [-0.05, 0) is 48.6 Å². The molecule has 0 amide bonds. The highest BCUT2D eigenvalue weighted by atomic mass is 32.1. The predicted molar refractivity (Wildman–Crippen MR) is 70.7 cm³/mol. The molecule has 17 heavy (non-hydrogen) atoms. The first-order valence-corrected chi connectivity index (χ1v) is 6.56. The van der Waals surface area contributed by atoms with E-state index < -0.39 is 0 Å². The van der Waals surface area contributed by atoms with E-state index in [2.05, 4.69) is 30.6 Å². The summed E-state index contributed by atoms with van der Waals surface area (Å²) in [4.78, 5) is 1.34. The normalized spacial score (nSPS) is 12.6. The van der Waals surface area contributed by atoms with E-state index in [-0.39, 0.29) is 11.9 Å². The Kier molecular flexibility index (Phi) is 3.92. The van der Waals surface area contributed by atoms with Crippen LogP contribution in [0.2, 0.25) is 0 Å². The predicted octanol–water partition coefficient (Wildman–Crippen LogP) is 4.05. The van der Waals surface area contributed by atoms with Crippen molar-refractivity contribution >= 4 is 11.3 Å². The Bertz CT molecular complexity index is 492. The fourth-order valence-corrected chi connectivity index (χ4v) is 2.58. The molecule has 2 rings (SSSR count). The maximum absolute atomic E-state index is 13.1. The molecule has 1 N–H and O–H groups in total. The van der Waals surface area contributed by atoms with Crippen LogP contribution >= 0.6 is 11.3 Å². The molecule has 0 bridgehead atoms. The van der Waals surface area contributed by atoms with Crippen LogP contribution in [-0.2, 0) is 6.54 Å². The summed E-state index contributed by atoms with van der Waals surface area (Å²) in [6, 6.07) is 9.03. The van der Waals surface area contributed by atoms with Crippen LogP contribution in [0.3, 0.4) is 0 Å². The lowest BCUT2D eigenvalue weighted by Crippen LogP contribution is -2.17. The third-order valence-electron chi connectivity index (χ3n) is 2.89. The number of nitrogens with one attached hydrogen (secondary N) is 1. The second-order valence-corrected chi connectivity index (χ2v) is 5.19. The molecular formula is C14H16FNS. The van der Waals surface area contributed by atoms with E-state index in [1.54, 1.807) is 23.5 Å². The second-order valence-electron chi connectivity index (χ2n) is 4.18. The number of benzene rings is 1. The number of halogens is 1. The Morgan fingerprint density at radius 2 is 2.18 bits per heavy atom. The van der Waals surface area contributed by atoms with Gasteiger partial charge in [-0.2, -0.15) is 0 Å². The molecule has 1 heterocycles. The van der Waals surface area contributed by atoms with Gasteiger partial charge in [0.2, 0.25) is 0 Å². The lowest BCUT2D eigenvalue weighted by atomic mass is 10.1. The molecule has 0 saturated carbocycles. The van der Waals surface area contributed by atoms with Crippen molar-refractivity contribution < 1.29 is 4.39 Å². The van der Waals surface area contributed by atoms with Crippen LogP contribution in [0.5, 0.6) is 0 Å². The zero-order valence-electron chi connectivity index (χ0n) is 10.0. The van der Waals surface area contributed by atoms with Gasteiger partial charge in [-0.3, -0.25) is 0 Å². The number of rotatable bonds is 4. The second kappa shape index (κ2) is 5.43. The molecule has 0 spiro atoms. The SMILES string of the molecule is Cc1ccsc1CN[C@@H](C)c1cccc(F)c1. The Morgan fingerprint density at radius 1 is 1.35 bits per heavy atom. The largest absolute Gasteiger partial charge is 0.305 e. The van der Waals surface area contributed by atoms with Crippen molar-refractivity contribution in [2.45, 2.75) is 26.4 Å². The summed E-state index contributed by atoms with van der Waals surface area (Å²) in [5, 5.41) is 5.51. The smallest absolute Gasteiger partial charge is 0.123 e. The molecule has 0 aliphatic rings. The molecule has 0 aliphatic carbocycles. The first-order chi connectivity index (χ1) is 8.16. The van der Waals surface area contributed by atoms with Gasteiger partial charge in [-0.25, -0.2) is 4.39 Å². The van der Waals surface area contributed by atoms with Gasteiger partial charge < -0.3 is 5.32 Å². The van der Waals surface area contributed by atoms with Gasteiger partial charge in [0.05, 0.1) is 0 Å². The maximum Gasteiger partial charge on any atom is 0.123 e. The van der Waals surface area contributed by atoms with Gasteiger partial charge in [0.15, 0.2) is 0 Å². The molecule has 0 saturated heterocycles. The standard InChI is InChI=1S/C14H16FNS/c1-10-6-7-17-14(10)9-16-11(2)12-4-3-5-13(15)8-12/h3-8,11,16H,9H2,1-2H3/t11-/m0/s1. The van der Waals surface area contributed by atoms with Crippen LogP contribution in [0, 0.1) is 12.7 Å². The number of aryl methyl sites for hydroxylation is 1. The molecule has 1 aromatic carbocycles. The average Bonchev–Trinajstić information content (AvgIpc) is 2.72. The molecule has 1 aromatic heterocycles. The van der Waals surface area contributed by atoms with E-state index in [1.165, 1.54) is 16.5 Å². The summed E-state index contributed by atoms with van der Waals surface area (Å²) in [5.74, 6) is -0.177. The summed E-state index contributed by atoms with van der Waals surface area (Å²) in [6.45, 7) is 5.00. The summed E-state index contributed by atoms with van der Waals surface area (Å²) < 4.78 is 13.1. The van der Waals surface area contributed by atoms with Gasteiger partial charge in [-0.1, -0.05) is 12.1 Å². The van der Waals surface area contributed by atoms with E-state index in [1.807, 2.05) is 6.07 Å². The van der Waals surface area contributed by atoms with E-state index in [9.17, 15) is 4.39 Å². The van der Waals surface area contributed by atoms with Crippen molar-refractivity contribution in [1.82, 2.24) is 5.32 Å². The van der Waals surface area contributed by atoms with Crippen LogP contribution in [0.15, 0.2) is 35.7 Å². The number of thiophene rings is 1. The van der Waals surface area contributed by atoms with Crippen LogP contribution in [0.1, 0.15) is 29.0 Å². The van der Waals surface area contributed by atoms with Crippen LogP contribution in [-0.4, -0.2) is 0 Å². The molecule has 3 heteroatoms. The zero-order valence-corrected chi connectivity index (χ0v) is 10.9. The third kappa shape index (κ3) is 3.14. The summed E-state index contributed by atoms with van der Waals surface area (Å²) >= 11 is 1.75. The van der Waals surface area contributed by atoms with Gasteiger partial charge in [0.1, 0.15) is 5.82 Å². The van der Waals surface area contributed by atoms with Crippen molar-refractivity contribution in [2.75, 3.05) is 0 Å². The van der Waals surface area contributed by atoms with Crippen molar-refractivity contribution in [3.63, 3.8) is 0 Å². The molecule has 0 radical (unpaired) electrons. The lowest BCUT2D eigenvalue weighted by Gasteiger charge is -2.14. The van der Waals surface area contributed by atoms with E-state index >= 15 is 0 Å². The van der Waals surface area contributed by atoms with Crippen LogP contribution in [0.4, 0.5) is 4.39 Å². The minimum absolute atomic E-state index is 0.159. The maximum atomic E-state index is 13.1. The monoisotopic (exact) mass is 249 g/mol. The average molecular weight is 249 g/mol. The summed E-state index contributed by atoms with van der Waals surface area (Å²) in [5.41, 5.74) is 2.30. The minimum Gasteiger partial charge on any atom is -0.305 e. The van der Waals surface area contributed by atoms with Gasteiger partial charge in [-0.15, -0.1) is 11.3 Å². The number of hydrogen-bond acceptors (Lipinski definition) is 2. The number of hydrogen-bond donors (Lipinski definition) is 1. The van der Waals surface area contributed by atoms with Gasteiger partial charge in [0.25, 0.3) is 0 Å². The van der Waals surface area contributed by atoms with Gasteiger partial charge in [0, 0.05) is 17.5 Å². The van der Waals surface area contributed by atoms with Crippen molar-refractivity contribution in [2.24, 2.45) is 0 Å². The van der Waals surface area contributed by atoms with E-state index in [0.29, 0.717) is 0 Å². The first kappa shape index (κ1) is 12.3. The highest BCUT2D eigenvalue weighted by Gasteiger charge is 2.07. The van der Waals surface area contributed by atoms with Crippen molar-refractivity contribution in [1.29, 1.82) is 0 Å². The Hall–Kier alpha value is -1.19. The first-order valence-electron chi connectivity index (χ1n) is 5.68. The highest BCUT2D eigenvalue weighted by Crippen LogP contribution is 2.18. The highest BCUT2D eigenvalue weighted by molar-refractivity contribution is 7.10. The zero-order chi connectivity index (χ0) is 12.3. The molecule has 90 valence electrons. The fourth-order valence-electron chi connectivity index (χ4n) is 1.72. The minimum atomic E-state index is -0.177.